The van der Waals surface area contributed by atoms with Crippen molar-refractivity contribution in [1.82, 2.24) is 14.9 Å². The third kappa shape index (κ3) is 3.43. The second-order valence-corrected chi connectivity index (χ2v) is 5.61. The monoisotopic (exact) mass is 359 g/mol. The summed E-state index contributed by atoms with van der Waals surface area (Å²) < 4.78 is 20.0. The summed E-state index contributed by atoms with van der Waals surface area (Å²) in [5.41, 5.74) is 1.16. The molecule has 1 amide bonds. The van der Waals surface area contributed by atoms with E-state index in [4.69, 9.17) is 4.52 Å². The summed E-state index contributed by atoms with van der Waals surface area (Å²) in [6, 6.07) is 5.57. The summed E-state index contributed by atoms with van der Waals surface area (Å²) in [5, 5.41) is 20.8. The maximum absolute atomic E-state index is 13.6. The number of carbonyl (C=O) groups is 1. The van der Waals surface area contributed by atoms with Crippen LogP contribution in [0.15, 0.2) is 35.0 Å². The Morgan fingerprint density at radius 2 is 2.15 bits per heavy atom. The predicted molar refractivity (Wildman–Crippen MR) is 88.3 cm³/mol. The van der Waals surface area contributed by atoms with E-state index in [0.717, 1.165) is 0 Å². The third-order valence-corrected chi connectivity index (χ3v) is 3.76. The molecule has 26 heavy (non-hydrogen) atoms. The van der Waals surface area contributed by atoms with E-state index in [-0.39, 0.29) is 23.7 Å². The Labute approximate surface area is 146 Å². The summed E-state index contributed by atoms with van der Waals surface area (Å²) in [5.74, 6) is -0.950. The first kappa shape index (κ1) is 17.3. The molecule has 0 saturated heterocycles. The summed E-state index contributed by atoms with van der Waals surface area (Å²) in [7, 11) is 0. The Bertz CT molecular complexity index is 994. The zero-order valence-electron chi connectivity index (χ0n) is 13.9. The molecule has 0 atom stereocenters. The lowest BCUT2D eigenvalue weighted by Crippen LogP contribution is -2.16. The molecule has 10 heteroatoms. The van der Waals surface area contributed by atoms with Crippen LogP contribution in [0.2, 0.25) is 0 Å². The summed E-state index contributed by atoms with van der Waals surface area (Å²) in [6.07, 6.45) is 1.42. The highest BCUT2D eigenvalue weighted by molar-refractivity contribution is 6.03. The second-order valence-electron chi connectivity index (χ2n) is 5.61. The van der Waals surface area contributed by atoms with Crippen LogP contribution in [0.25, 0.3) is 0 Å². The van der Waals surface area contributed by atoms with Crippen molar-refractivity contribution in [3.63, 3.8) is 0 Å². The van der Waals surface area contributed by atoms with Gasteiger partial charge < -0.3 is 20.0 Å². The minimum Gasteiger partial charge on any atom is -0.361 e. The molecule has 0 aliphatic carbocycles. The number of benzene rings is 1. The van der Waals surface area contributed by atoms with Gasteiger partial charge in [-0.3, -0.25) is 4.79 Å². The van der Waals surface area contributed by atoms with Crippen LogP contribution in [0.1, 0.15) is 27.4 Å². The minimum absolute atomic E-state index is 0.00152. The Kier molecular flexibility index (Phi) is 4.48. The van der Waals surface area contributed by atoms with Crippen LogP contribution in [0.3, 0.4) is 0 Å². The number of nitrogens with zero attached hydrogens (tertiary/aromatic N) is 4. The normalized spacial score (nSPS) is 10.7. The van der Waals surface area contributed by atoms with E-state index >= 15 is 0 Å². The third-order valence-electron chi connectivity index (χ3n) is 3.76. The number of nitro groups is 1. The molecule has 0 radical (unpaired) electrons. The van der Waals surface area contributed by atoms with Gasteiger partial charge in [-0.25, -0.2) is 4.39 Å². The molecule has 3 aromatic rings. The van der Waals surface area contributed by atoms with Gasteiger partial charge in [0, 0.05) is 5.69 Å². The van der Waals surface area contributed by atoms with E-state index in [1.165, 1.54) is 23.0 Å². The summed E-state index contributed by atoms with van der Waals surface area (Å²) in [4.78, 5) is 22.6. The Morgan fingerprint density at radius 1 is 1.38 bits per heavy atom. The minimum atomic E-state index is -0.615. The van der Waals surface area contributed by atoms with Gasteiger partial charge in [0.25, 0.3) is 5.91 Å². The molecule has 9 nitrogen and oxygen atoms in total. The van der Waals surface area contributed by atoms with E-state index in [0.29, 0.717) is 16.9 Å². The average molecular weight is 359 g/mol. The van der Waals surface area contributed by atoms with Crippen molar-refractivity contribution >= 4 is 17.4 Å². The topological polar surface area (TPSA) is 116 Å². The number of nitrogens with one attached hydrogen (secondary N) is 1. The molecule has 0 saturated carbocycles. The standard InChI is InChI=1S/C16H14FN5O4/c1-9-3-4-11(7-13(9)17)18-16(23)15-12(10(2)26-20-15)8-21-6-5-14(19-21)22(24)25/h3-7H,8H2,1-2H3,(H,18,23). The molecule has 0 bridgehead atoms. The van der Waals surface area contributed by atoms with Gasteiger partial charge in [-0.1, -0.05) is 11.2 Å². The molecule has 2 aromatic heterocycles. The number of amides is 1. The van der Waals surface area contributed by atoms with Crippen LogP contribution < -0.4 is 5.32 Å². The molecule has 134 valence electrons. The number of carbonyl (C=O) groups excluding carboxylic acids is 1. The first-order valence-corrected chi connectivity index (χ1v) is 7.55. The van der Waals surface area contributed by atoms with Gasteiger partial charge in [0.15, 0.2) is 5.69 Å². The highest BCUT2D eigenvalue weighted by Gasteiger charge is 2.22. The zero-order valence-corrected chi connectivity index (χ0v) is 13.9. The molecule has 1 aromatic carbocycles. The number of halogens is 1. The molecule has 2 heterocycles. The van der Waals surface area contributed by atoms with Gasteiger partial charge in [0.2, 0.25) is 0 Å². The molecular formula is C16H14FN5O4. The fourth-order valence-electron chi connectivity index (χ4n) is 2.32. The lowest BCUT2D eigenvalue weighted by molar-refractivity contribution is -0.389. The van der Waals surface area contributed by atoms with Gasteiger partial charge in [0.1, 0.15) is 11.6 Å². The van der Waals surface area contributed by atoms with Gasteiger partial charge in [-0.2, -0.15) is 4.68 Å². The summed E-state index contributed by atoms with van der Waals surface area (Å²) in [6.45, 7) is 3.29. The quantitative estimate of drug-likeness (QED) is 0.553. The Balaban J connectivity index is 1.82. The molecule has 0 aliphatic heterocycles. The molecular weight excluding hydrogens is 345 g/mol. The lowest BCUT2D eigenvalue weighted by atomic mass is 10.1. The maximum Gasteiger partial charge on any atom is 0.389 e. The van der Waals surface area contributed by atoms with E-state index < -0.39 is 16.6 Å². The van der Waals surface area contributed by atoms with Gasteiger partial charge in [-0.05, 0) is 36.5 Å². The fraction of sp³-hybridized carbons (Fsp3) is 0.188. The van der Waals surface area contributed by atoms with Gasteiger partial charge in [0.05, 0.1) is 29.5 Å². The molecule has 0 aliphatic rings. The lowest BCUT2D eigenvalue weighted by Gasteiger charge is -2.06. The maximum atomic E-state index is 13.6. The fourth-order valence-corrected chi connectivity index (χ4v) is 2.32. The number of anilines is 1. The Hall–Kier alpha value is -3.56. The van der Waals surface area contributed by atoms with Crippen LogP contribution in [0.5, 0.6) is 0 Å². The van der Waals surface area contributed by atoms with Gasteiger partial charge in [-0.15, -0.1) is 0 Å². The molecule has 0 unspecified atom stereocenters. The van der Waals surface area contributed by atoms with Crippen LogP contribution in [-0.4, -0.2) is 25.8 Å². The van der Waals surface area contributed by atoms with Crippen LogP contribution in [0, 0.1) is 29.8 Å². The molecule has 0 spiro atoms. The highest BCUT2D eigenvalue weighted by Crippen LogP contribution is 2.19. The summed E-state index contributed by atoms with van der Waals surface area (Å²) >= 11 is 0. The van der Waals surface area contributed by atoms with Crippen molar-refractivity contribution in [2.24, 2.45) is 0 Å². The number of hydrogen-bond acceptors (Lipinski definition) is 6. The number of hydrogen-bond donors (Lipinski definition) is 1. The van der Waals surface area contributed by atoms with E-state index in [1.807, 2.05) is 0 Å². The van der Waals surface area contributed by atoms with Crippen molar-refractivity contribution < 1.29 is 18.6 Å². The number of aryl methyl sites for hydroxylation is 2. The molecule has 1 N–H and O–H groups in total. The van der Waals surface area contributed by atoms with Crippen molar-refractivity contribution in [3.8, 4) is 0 Å². The van der Waals surface area contributed by atoms with Crippen molar-refractivity contribution in [3.05, 3.63) is 69.0 Å². The molecule has 3 rings (SSSR count). The van der Waals surface area contributed by atoms with Crippen molar-refractivity contribution in [1.29, 1.82) is 0 Å². The van der Waals surface area contributed by atoms with Crippen LogP contribution in [0.4, 0.5) is 15.9 Å². The first-order valence-electron chi connectivity index (χ1n) is 7.55. The van der Waals surface area contributed by atoms with E-state index in [2.05, 4.69) is 15.6 Å². The zero-order chi connectivity index (χ0) is 18.8. The average Bonchev–Trinajstić information content (AvgIpc) is 3.19. The molecule has 0 fully saturated rings. The Morgan fingerprint density at radius 3 is 2.81 bits per heavy atom. The SMILES string of the molecule is Cc1ccc(NC(=O)c2noc(C)c2Cn2ccc([N+](=O)[O-])n2)cc1F. The van der Waals surface area contributed by atoms with E-state index in [1.54, 1.807) is 26.0 Å². The van der Waals surface area contributed by atoms with E-state index in [9.17, 15) is 19.3 Å². The second kappa shape index (κ2) is 6.75. The number of rotatable bonds is 5. The van der Waals surface area contributed by atoms with Gasteiger partial charge >= 0.3 is 5.82 Å². The smallest absolute Gasteiger partial charge is 0.361 e. The van der Waals surface area contributed by atoms with Crippen LogP contribution >= 0.6 is 0 Å². The van der Waals surface area contributed by atoms with Crippen molar-refractivity contribution in [2.75, 3.05) is 5.32 Å². The van der Waals surface area contributed by atoms with Crippen molar-refractivity contribution in [2.45, 2.75) is 20.4 Å². The number of aromatic nitrogens is 3. The first-order chi connectivity index (χ1) is 12.3. The largest absolute Gasteiger partial charge is 0.389 e. The highest BCUT2D eigenvalue weighted by atomic mass is 19.1. The predicted octanol–water partition coefficient (Wildman–Crippen LogP) is 2.84. The van der Waals surface area contributed by atoms with Crippen LogP contribution in [-0.2, 0) is 6.54 Å².